The minimum atomic E-state index is -0.639. The lowest BCUT2D eigenvalue weighted by molar-refractivity contribution is -0.142. The molecule has 1 N–H and O–H groups in total. The Morgan fingerprint density at radius 1 is 1.08 bits per heavy atom. The summed E-state index contributed by atoms with van der Waals surface area (Å²) in [6, 6.07) is 12.3. The second kappa shape index (κ2) is 10.5. The Balaban J connectivity index is 1.31. The van der Waals surface area contributed by atoms with E-state index in [1.165, 1.54) is 5.56 Å². The normalized spacial score (nSPS) is 21.6. The molecule has 1 amide bonds. The van der Waals surface area contributed by atoms with Crippen molar-refractivity contribution in [2.75, 3.05) is 13.1 Å². The largest absolute Gasteiger partial charge is 0.488 e. The summed E-state index contributed by atoms with van der Waals surface area (Å²) >= 11 is 0. The standard InChI is InChI=1S/C33H41NO5/c1-21-26-13-14-28(38-20-23-9-11-24(12-10-23)32(3,4)5)22(2)30(26)39-31(36)27(21)18-29(35)34-17-16-33(37)15-7-6-8-25(33)19-34/h9-14,25,37H,6-8,15-20H2,1-5H3/t25-,33+/m0/s1. The van der Waals surface area contributed by atoms with Crippen LogP contribution in [0, 0.1) is 19.8 Å². The van der Waals surface area contributed by atoms with Crippen LogP contribution in [0.25, 0.3) is 11.0 Å². The highest BCUT2D eigenvalue weighted by atomic mass is 16.5. The van der Waals surface area contributed by atoms with Crippen molar-refractivity contribution in [2.24, 2.45) is 5.92 Å². The lowest BCUT2D eigenvalue weighted by Gasteiger charge is -2.47. The van der Waals surface area contributed by atoms with Crippen molar-refractivity contribution in [1.82, 2.24) is 4.90 Å². The minimum Gasteiger partial charge on any atom is -0.488 e. The Morgan fingerprint density at radius 2 is 1.82 bits per heavy atom. The molecule has 2 heterocycles. The number of likely N-dealkylation sites (tertiary alicyclic amines) is 1. The van der Waals surface area contributed by atoms with Crippen molar-refractivity contribution < 1.29 is 19.1 Å². The van der Waals surface area contributed by atoms with E-state index in [9.17, 15) is 14.7 Å². The maximum absolute atomic E-state index is 13.2. The fourth-order valence-corrected chi connectivity index (χ4v) is 6.25. The number of piperidine rings is 1. The van der Waals surface area contributed by atoms with Gasteiger partial charge in [-0.3, -0.25) is 4.79 Å². The maximum Gasteiger partial charge on any atom is 0.340 e. The Morgan fingerprint density at radius 3 is 2.54 bits per heavy atom. The number of hydrogen-bond donors (Lipinski definition) is 1. The summed E-state index contributed by atoms with van der Waals surface area (Å²) in [5, 5.41) is 11.8. The SMILES string of the molecule is Cc1c(CC(=O)N2CC[C@]3(O)CCCC[C@H]3C2)c(=O)oc2c(C)c(OCc3ccc(C(C)(C)C)cc3)ccc12. The van der Waals surface area contributed by atoms with Crippen molar-refractivity contribution in [1.29, 1.82) is 0 Å². The molecule has 208 valence electrons. The Labute approximate surface area is 231 Å². The first kappa shape index (κ1) is 27.4. The summed E-state index contributed by atoms with van der Waals surface area (Å²) < 4.78 is 11.9. The van der Waals surface area contributed by atoms with Gasteiger partial charge in [-0.25, -0.2) is 4.79 Å². The number of aliphatic hydroxyl groups is 1. The van der Waals surface area contributed by atoms with E-state index in [2.05, 4.69) is 45.0 Å². The van der Waals surface area contributed by atoms with Gasteiger partial charge >= 0.3 is 5.63 Å². The van der Waals surface area contributed by atoms with Crippen molar-refractivity contribution in [3.05, 3.63) is 74.6 Å². The topological polar surface area (TPSA) is 80.0 Å². The molecule has 2 atom stereocenters. The van der Waals surface area contributed by atoms with E-state index in [1.54, 1.807) is 0 Å². The molecule has 5 rings (SSSR count). The molecule has 1 aliphatic heterocycles. The lowest BCUT2D eigenvalue weighted by atomic mass is 9.71. The van der Waals surface area contributed by atoms with Crippen LogP contribution in [-0.4, -0.2) is 34.6 Å². The zero-order valence-electron chi connectivity index (χ0n) is 23.9. The van der Waals surface area contributed by atoms with Crippen molar-refractivity contribution >= 4 is 16.9 Å². The van der Waals surface area contributed by atoms with Gasteiger partial charge in [0.1, 0.15) is 17.9 Å². The Kier molecular flexibility index (Phi) is 7.36. The lowest BCUT2D eigenvalue weighted by Crippen LogP contribution is -2.55. The first-order chi connectivity index (χ1) is 18.5. The summed E-state index contributed by atoms with van der Waals surface area (Å²) in [6.07, 6.45) is 4.53. The molecule has 2 fully saturated rings. The highest BCUT2D eigenvalue weighted by molar-refractivity contribution is 5.87. The number of fused-ring (bicyclic) bond motifs is 2. The van der Waals surface area contributed by atoms with Gasteiger partial charge in [-0.05, 0) is 67.3 Å². The van der Waals surface area contributed by atoms with Crippen molar-refractivity contribution in [3.8, 4) is 5.75 Å². The number of nitrogens with zero attached hydrogens (tertiary/aromatic N) is 1. The van der Waals surface area contributed by atoms with Crippen molar-refractivity contribution in [3.63, 3.8) is 0 Å². The van der Waals surface area contributed by atoms with Crippen LogP contribution in [0.3, 0.4) is 0 Å². The van der Waals surface area contributed by atoms with Gasteiger partial charge in [-0.15, -0.1) is 0 Å². The van der Waals surface area contributed by atoms with E-state index in [0.29, 0.717) is 43.0 Å². The van der Waals surface area contributed by atoms with Gasteiger partial charge in [0.25, 0.3) is 0 Å². The maximum atomic E-state index is 13.2. The van der Waals surface area contributed by atoms with Gasteiger partial charge in [0, 0.05) is 30.0 Å². The molecule has 0 radical (unpaired) electrons. The van der Waals surface area contributed by atoms with E-state index in [1.807, 2.05) is 30.9 Å². The average Bonchev–Trinajstić information content (AvgIpc) is 2.90. The highest BCUT2D eigenvalue weighted by Crippen LogP contribution is 2.40. The molecule has 2 aliphatic rings. The molecule has 0 unspecified atom stereocenters. The zero-order chi connectivity index (χ0) is 27.9. The minimum absolute atomic E-state index is 0.0110. The van der Waals surface area contributed by atoms with Gasteiger partial charge in [0.05, 0.1) is 17.6 Å². The summed E-state index contributed by atoms with van der Waals surface area (Å²) in [7, 11) is 0. The molecule has 3 aromatic rings. The number of carbonyl (C=O) groups is 1. The molecule has 0 bridgehead atoms. The van der Waals surface area contributed by atoms with Gasteiger partial charge in [0.15, 0.2) is 0 Å². The van der Waals surface area contributed by atoms with Crippen LogP contribution in [0.1, 0.15) is 80.7 Å². The number of rotatable bonds is 5. The average molecular weight is 532 g/mol. The van der Waals surface area contributed by atoms with Crippen LogP contribution in [0.2, 0.25) is 0 Å². The third kappa shape index (κ3) is 5.49. The molecule has 39 heavy (non-hydrogen) atoms. The molecular formula is C33H41NO5. The molecular weight excluding hydrogens is 490 g/mol. The van der Waals surface area contributed by atoms with Crippen LogP contribution in [-0.2, 0) is 23.2 Å². The van der Waals surface area contributed by atoms with E-state index in [-0.39, 0.29) is 23.7 Å². The van der Waals surface area contributed by atoms with Crippen molar-refractivity contribution in [2.45, 2.75) is 90.8 Å². The molecule has 2 aromatic carbocycles. The summed E-state index contributed by atoms with van der Waals surface area (Å²) in [4.78, 5) is 28.2. The highest BCUT2D eigenvalue weighted by Gasteiger charge is 2.43. The monoisotopic (exact) mass is 531 g/mol. The van der Waals surface area contributed by atoms with Crippen LogP contribution in [0.5, 0.6) is 5.75 Å². The Hall–Kier alpha value is -3.12. The fourth-order valence-electron chi connectivity index (χ4n) is 6.25. The Bertz CT molecular complexity index is 1430. The van der Waals surface area contributed by atoms with E-state index < -0.39 is 11.2 Å². The molecule has 1 saturated heterocycles. The van der Waals surface area contributed by atoms with Crippen LogP contribution < -0.4 is 10.4 Å². The number of aryl methyl sites for hydroxylation is 2. The predicted octanol–water partition coefficient (Wildman–Crippen LogP) is 5.98. The summed E-state index contributed by atoms with van der Waals surface area (Å²) in [5.74, 6) is 0.712. The van der Waals surface area contributed by atoms with Crippen LogP contribution in [0.4, 0.5) is 0 Å². The van der Waals surface area contributed by atoms with Gasteiger partial charge in [-0.1, -0.05) is 57.9 Å². The number of benzene rings is 2. The van der Waals surface area contributed by atoms with Crippen LogP contribution >= 0.6 is 0 Å². The third-order valence-corrected chi connectivity index (χ3v) is 8.98. The van der Waals surface area contributed by atoms with Gasteiger partial charge < -0.3 is 19.2 Å². The zero-order valence-corrected chi connectivity index (χ0v) is 23.9. The second-order valence-corrected chi connectivity index (χ2v) is 12.6. The number of carbonyl (C=O) groups excluding carboxylic acids is 1. The molecule has 6 heteroatoms. The third-order valence-electron chi connectivity index (χ3n) is 8.98. The van der Waals surface area contributed by atoms with E-state index in [0.717, 1.165) is 47.8 Å². The van der Waals surface area contributed by atoms with E-state index in [4.69, 9.17) is 9.15 Å². The predicted molar refractivity (Wildman–Crippen MR) is 153 cm³/mol. The molecule has 0 spiro atoms. The first-order valence-corrected chi connectivity index (χ1v) is 14.2. The molecule has 1 saturated carbocycles. The van der Waals surface area contributed by atoms with E-state index >= 15 is 0 Å². The number of amides is 1. The summed E-state index contributed by atoms with van der Waals surface area (Å²) in [5.41, 5.74) is 3.77. The van der Waals surface area contributed by atoms with Gasteiger partial charge in [-0.2, -0.15) is 0 Å². The second-order valence-electron chi connectivity index (χ2n) is 12.6. The molecule has 6 nitrogen and oxygen atoms in total. The smallest absolute Gasteiger partial charge is 0.340 e. The quantitative estimate of drug-likeness (QED) is 0.410. The van der Waals surface area contributed by atoms with Gasteiger partial charge in [0.2, 0.25) is 5.91 Å². The molecule has 1 aliphatic carbocycles. The number of ether oxygens (including phenoxy) is 1. The first-order valence-electron chi connectivity index (χ1n) is 14.2. The van der Waals surface area contributed by atoms with Crippen LogP contribution in [0.15, 0.2) is 45.6 Å². The fraction of sp³-hybridized carbons (Fsp3) is 0.515. The summed E-state index contributed by atoms with van der Waals surface area (Å²) in [6.45, 7) is 11.9. The molecule has 1 aromatic heterocycles. The number of hydrogen-bond acceptors (Lipinski definition) is 5.